The number of hydrogen-bond acceptors (Lipinski definition) is 3. The number of allylic oxidation sites excluding steroid dienone is 2. The van der Waals surface area contributed by atoms with Gasteiger partial charge in [-0.15, -0.1) is 0 Å². The predicted molar refractivity (Wildman–Crippen MR) is 86.9 cm³/mol. The SMILES string of the molecule is CCC[C@H]1CC[C@H](OC(=O)[C@H]2CC[C@H](C=CC#N)CC2)CC1. The highest BCUT2D eigenvalue weighted by molar-refractivity contribution is 5.72. The van der Waals surface area contributed by atoms with E-state index in [2.05, 4.69) is 6.92 Å². The molecule has 0 aromatic carbocycles. The molecule has 0 aromatic rings. The minimum Gasteiger partial charge on any atom is -0.462 e. The highest BCUT2D eigenvalue weighted by Gasteiger charge is 2.29. The number of nitriles is 1. The molecule has 0 aliphatic heterocycles. The van der Waals surface area contributed by atoms with Gasteiger partial charge in [0.1, 0.15) is 6.10 Å². The lowest BCUT2D eigenvalue weighted by Gasteiger charge is -2.31. The van der Waals surface area contributed by atoms with Crippen molar-refractivity contribution in [2.75, 3.05) is 0 Å². The molecule has 2 fully saturated rings. The summed E-state index contributed by atoms with van der Waals surface area (Å²) in [7, 11) is 0. The number of ether oxygens (including phenoxy) is 1. The quantitative estimate of drug-likeness (QED) is 0.542. The second-order valence-corrected chi connectivity index (χ2v) is 6.97. The summed E-state index contributed by atoms with van der Waals surface area (Å²) in [6, 6.07) is 2.04. The van der Waals surface area contributed by atoms with E-state index >= 15 is 0 Å². The van der Waals surface area contributed by atoms with Crippen LogP contribution in [0.15, 0.2) is 12.2 Å². The average molecular weight is 303 g/mol. The van der Waals surface area contributed by atoms with Crippen LogP contribution in [0.5, 0.6) is 0 Å². The number of hydrogen-bond donors (Lipinski definition) is 0. The molecule has 3 nitrogen and oxygen atoms in total. The van der Waals surface area contributed by atoms with Crippen molar-refractivity contribution in [3.63, 3.8) is 0 Å². The maximum absolute atomic E-state index is 12.3. The molecule has 0 N–H and O–H groups in total. The Bertz CT molecular complexity index is 408. The summed E-state index contributed by atoms with van der Waals surface area (Å²) in [4.78, 5) is 12.3. The summed E-state index contributed by atoms with van der Waals surface area (Å²) in [5.41, 5.74) is 0. The van der Waals surface area contributed by atoms with Crippen LogP contribution in [0.1, 0.15) is 71.1 Å². The van der Waals surface area contributed by atoms with Crippen molar-refractivity contribution in [2.24, 2.45) is 17.8 Å². The van der Waals surface area contributed by atoms with Gasteiger partial charge in [0.15, 0.2) is 0 Å². The van der Waals surface area contributed by atoms with E-state index < -0.39 is 0 Å². The molecule has 0 unspecified atom stereocenters. The molecule has 0 bridgehead atoms. The van der Waals surface area contributed by atoms with Gasteiger partial charge in [-0.25, -0.2) is 0 Å². The molecule has 2 saturated carbocycles. The summed E-state index contributed by atoms with van der Waals surface area (Å²) < 4.78 is 5.76. The summed E-state index contributed by atoms with van der Waals surface area (Å²) in [6.07, 6.45) is 14.7. The molecule has 0 spiro atoms. The Labute approximate surface area is 134 Å². The molecule has 0 aromatic heterocycles. The molecule has 2 aliphatic rings. The number of esters is 1. The zero-order valence-electron chi connectivity index (χ0n) is 13.8. The molecular formula is C19H29NO2. The fourth-order valence-corrected chi connectivity index (χ4v) is 3.93. The largest absolute Gasteiger partial charge is 0.462 e. The van der Waals surface area contributed by atoms with E-state index in [1.807, 2.05) is 12.1 Å². The van der Waals surface area contributed by atoms with E-state index in [0.717, 1.165) is 44.4 Å². The first-order chi connectivity index (χ1) is 10.7. The van der Waals surface area contributed by atoms with Gasteiger partial charge < -0.3 is 4.74 Å². The Kier molecular flexibility index (Phi) is 6.96. The molecule has 3 heteroatoms. The van der Waals surface area contributed by atoms with Crippen LogP contribution in [0.25, 0.3) is 0 Å². The lowest BCUT2D eigenvalue weighted by molar-refractivity contribution is -0.157. The predicted octanol–water partition coefficient (Wildman–Crippen LogP) is 4.77. The summed E-state index contributed by atoms with van der Waals surface area (Å²) >= 11 is 0. The van der Waals surface area contributed by atoms with Crippen molar-refractivity contribution in [2.45, 2.75) is 77.2 Å². The van der Waals surface area contributed by atoms with Crippen molar-refractivity contribution in [1.82, 2.24) is 0 Å². The van der Waals surface area contributed by atoms with Gasteiger partial charge in [-0.3, -0.25) is 4.79 Å². The minimum absolute atomic E-state index is 0.0293. The van der Waals surface area contributed by atoms with Gasteiger partial charge in [-0.1, -0.05) is 25.8 Å². The van der Waals surface area contributed by atoms with Crippen LogP contribution in [0.3, 0.4) is 0 Å². The summed E-state index contributed by atoms with van der Waals surface area (Å²) in [5, 5.41) is 8.56. The summed E-state index contributed by atoms with van der Waals surface area (Å²) in [5.74, 6) is 1.43. The lowest BCUT2D eigenvalue weighted by atomic mass is 9.81. The van der Waals surface area contributed by atoms with E-state index in [1.54, 1.807) is 6.08 Å². The van der Waals surface area contributed by atoms with Gasteiger partial charge in [0, 0.05) is 6.08 Å². The molecule has 0 saturated heterocycles. The highest BCUT2D eigenvalue weighted by Crippen LogP contribution is 2.33. The van der Waals surface area contributed by atoms with Crippen LogP contribution in [0.4, 0.5) is 0 Å². The third-order valence-corrected chi connectivity index (χ3v) is 5.32. The van der Waals surface area contributed by atoms with Crippen molar-refractivity contribution in [3.8, 4) is 6.07 Å². The van der Waals surface area contributed by atoms with E-state index in [9.17, 15) is 4.79 Å². The monoisotopic (exact) mass is 303 g/mol. The van der Waals surface area contributed by atoms with Crippen LogP contribution in [0, 0.1) is 29.1 Å². The number of rotatable bonds is 5. The van der Waals surface area contributed by atoms with E-state index in [0.29, 0.717) is 5.92 Å². The zero-order valence-corrected chi connectivity index (χ0v) is 13.8. The third-order valence-electron chi connectivity index (χ3n) is 5.32. The Morgan fingerprint density at radius 3 is 2.41 bits per heavy atom. The van der Waals surface area contributed by atoms with Crippen molar-refractivity contribution in [1.29, 1.82) is 5.26 Å². The highest BCUT2D eigenvalue weighted by atomic mass is 16.5. The molecular weight excluding hydrogens is 274 g/mol. The number of nitrogens with zero attached hydrogens (tertiary/aromatic N) is 1. The second kappa shape index (κ2) is 8.98. The van der Waals surface area contributed by atoms with Crippen LogP contribution in [-0.2, 0) is 9.53 Å². The third kappa shape index (κ3) is 5.16. The Hall–Kier alpha value is -1.30. The Morgan fingerprint density at radius 2 is 1.82 bits per heavy atom. The fourth-order valence-electron chi connectivity index (χ4n) is 3.93. The standard InChI is InChI=1S/C19H29NO2/c1-2-4-15-8-12-18(13-9-15)22-19(21)17-10-6-16(7-11-17)5-3-14-20/h3,5,15-18H,2,4,6-13H2,1H3/t15-,16-,17-,18-. The molecule has 0 heterocycles. The molecule has 2 aliphatic carbocycles. The molecule has 122 valence electrons. The second-order valence-electron chi connectivity index (χ2n) is 6.97. The van der Waals surface area contributed by atoms with Gasteiger partial charge in [0.05, 0.1) is 12.0 Å². The molecule has 0 atom stereocenters. The van der Waals surface area contributed by atoms with Crippen LogP contribution in [0.2, 0.25) is 0 Å². The average Bonchev–Trinajstić information content (AvgIpc) is 2.55. The van der Waals surface area contributed by atoms with Gasteiger partial charge in [0.25, 0.3) is 0 Å². The molecule has 0 amide bonds. The first-order valence-electron chi connectivity index (χ1n) is 8.99. The molecule has 22 heavy (non-hydrogen) atoms. The van der Waals surface area contributed by atoms with Gasteiger partial charge in [0.2, 0.25) is 0 Å². The topological polar surface area (TPSA) is 50.1 Å². The van der Waals surface area contributed by atoms with Crippen molar-refractivity contribution < 1.29 is 9.53 Å². The van der Waals surface area contributed by atoms with Crippen molar-refractivity contribution >= 4 is 5.97 Å². The zero-order chi connectivity index (χ0) is 15.8. The van der Waals surface area contributed by atoms with E-state index in [4.69, 9.17) is 10.00 Å². The summed E-state index contributed by atoms with van der Waals surface area (Å²) in [6.45, 7) is 2.24. The first kappa shape index (κ1) is 17.1. The normalized spacial score (nSPS) is 32.5. The van der Waals surface area contributed by atoms with E-state index in [-0.39, 0.29) is 18.0 Å². The van der Waals surface area contributed by atoms with Crippen LogP contribution >= 0.6 is 0 Å². The fraction of sp³-hybridized carbons (Fsp3) is 0.789. The number of carbonyl (C=O) groups excluding carboxylic acids is 1. The van der Waals surface area contributed by atoms with Gasteiger partial charge in [-0.2, -0.15) is 5.26 Å². The smallest absolute Gasteiger partial charge is 0.309 e. The number of carbonyl (C=O) groups is 1. The van der Waals surface area contributed by atoms with Crippen molar-refractivity contribution in [3.05, 3.63) is 12.2 Å². The first-order valence-corrected chi connectivity index (χ1v) is 8.99. The maximum Gasteiger partial charge on any atom is 0.309 e. The Morgan fingerprint density at radius 1 is 1.14 bits per heavy atom. The van der Waals surface area contributed by atoms with Gasteiger partial charge in [-0.05, 0) is 63.2 Å². The van der Waals surface area contributed by atoms with Crippen LogP contribution in [-0.4, -0.2) is 12.1 Å². The minimum atomic E-state index is 0.0293. The lowest BCUT2D eigenvalue weighted by Crippen LogP contribution is -2.30. The van der Waals surface area contributed by atoms with Crippen LogP contribution < -0.4 is 0 Å². The Balaban J connectivity index is 1.68. The molecule has 0 radical (unpaired) electrons. The maximum atomic E-state index is 12.3. The van der Waals surface area contributed by atoms with Gasteiger partial charge >= 0.3 is 5.97 Å². The van der Waals surface area contributed by atoms with E-state index in [1.165, 1.54) is 25.7 Å². The molecule has 2 rings (SSSR count).